The Hall–Kier alpha value is -2.15. The van der Waals surface area contributed by atoms with Crippen molar-refractivity contribution in [2.75, 3.05) is 6.26 Å². The summed E-state index contributed by atoms with van der Waals surface area (Å²) >= 11 is 0. The molecule has 0 aliphatic heterocycles. The Labute approximate surface area is 103 Å². The summed E-state index contributed by atoms with van der Waals surface area (Å²) in [5.74, 6) is -1.11. The summed E-state index contributed by atoms with van der Waals surface area (Å²) in [4.78, 5) is 10.9. The number of aromatic nitrogens is 2. The van der Waals surface area contributed by atoms with E-state index in [-0.39, 0.29) is 10.5 Å². The lowest BCUT2D eigenvalue weighted by Crippen LogP contribution is -2.05. The van der Waals surface area contributed by atoms with Crippen molar-refractivity contribution in [2.45, 2.75) is 4.90 Å². The molecule has 0 atom stereocenters. The maximum absolute atomic E-state index is 11.6. The minimum Gasteiger partial charge on any atom is -0.478 e. The van der Waals surface area contributed by atoms with Crippen molar-refractivity contribution < 1.29 is 18.3 Å². The van der Waals surface area contributed by atoms with Gasteiger partial charge in [-0.3, -0.25) is 0 Å². The Morgan fingerprint density at radius 2 is 2.00 bits per heavy atom. The second kappa shape index (κ2) is 4.26. The van der Waals surface area contributed by atoms with Crippen molar-refractivity contribution >= 4 is 15.8 Å². The first-order chi connectivity index (χ1) is 8.39. The van der Waals surface area contributed by atoms with Crippen LogP contribution in [0.25, 0.3) is 5.69 Å². The van der Waals surface area contributed by atoms with Crippen molar-refractivity contribution in [2.24, 2.45) is 0 Å². The molecule has 1 N–H and O–H groups in total. The number of hydrogen-bond acceptors (Lipinski definition) is 4. The molecule has 0 bridgehead atoms. The number of rotatable bonds is 3. The lowest BCUT2D eigenvalue weighted by atomic mass is 10.3. The molecule has 1 heterocycles. The van der Waals surface area contributed by atoms with E-state index in [2.05, 4.69) is 5.10 Å². The molecule has 1 aromatic carbocycles. The minimum absolute atomic E-state index is 0.00157. The fourth-order valence-corrected chi connectivity index (χ4v) is 2.39. The van der Waals surface area contributed by atoms with Crippen LogP contribution in [0.3, 0.4) is 0 Å². The first-order valence-electron chi connectivity index (χ1n) is 4.97. The van der Waals surface area contributed by atoms with Gasteiger partial charge in [0.1, 0.15) is 0 Å². The highest BCUT2D eigenvalue weighted by molar-refractivity contribution is 7.90. The summed E-state index contributed by atoms with van der Waals surface area (Å²) in [7, 11) is -3.40. The predicted molar refractivity (Wildman–Crippen MR) is 63.6 cm³/mol. The maximum atomic E-state index is 11.6. The number of hydrogen-bond donors (Lipinski definition) is 1. The average Bonchev–Trinajstić information content (AvgIpc) is 2.77. The fraction of sp³-hybridized carbons (Fsp3) is 0.0909. The molecule has 2 aromatic rings. The van der Waals surface area contributed by atoms with Gasteiger partial charge in [0.05, 0.1) is 22.3 Å². The Morgan fingerprint density at radius 3 is 2.56 bits per heavy atom. The van der Waals surface area contributed by atoms with E-state index in [4.69, 9.17) is 5.11 Å². The zero-order valence-electron chi connectivity index (χ0n) is 9.44. The van der Waals surface area contributed by atoms with Crippen molar-refractivity contribution in [1.82, 2.24) is 9.78 Å². The number of aromatic carboxylic acids is 1. The minimum atomic E-state index is -3.40. The molecular formula is C11H10N2O4S. The van der Waals surface area contributed by atoms with E-state index in [0.717, 1.165) is 6.26 Å². The van der Waals surface area contributed by atoms with Crippen molar-refractivity contribution in [1.29, 1.82) is 0 Å². The zero-order chi connectivity index (χ0) is 13.3. The predicted octanol–water partition coefficient (Wildman–Crippen LogP) is 0.974. The highest BCUT2D eigenvalue weighted by Crippen LogP contribution is 2.19. The monoisotopic (exact) mass is 266 g/mol. The van der Waals surface area contributed by atoms with E-state index in [0.29, 0.717) is 5.69 Å². The molecule has 0 aliphatic rings. The van der Waals surface area contributed by atoms with Crippen LogP contribution in [-0.2, 0) is 9.84 Å². The fourth-order valence-electron chi connectivity index (χ4n) is 1.52. The second-order valence-electron chi connectivity index (χ2n) is 3.72. The molecule has 94 valence electrons. The quantitative estimate of drug-likeness (QED) is 0.894. The summed E-state index contributed by atoms with van der Waals surface area (Å²) in [6, 6.07) is 6.27. The smallest absolute Gasteiger partial charge is 0.338 e. The van der Waals surface area contributed by atoms with E-state index in [1.807, 2.05) is 0 Å². The Morgan fingerprint density at radius 1 is 1.33 bits per heavy atom. The van der Waals surface area contributed by atoms with Gasteiger partial charge in [0.25, 0.3) is 0 Å². The molecule has 1 aromatic heterocycles. The third-order valence-corrected chi connectivity index (χ3v) is 3.49. The number of carbonyl (C=O) groups is 1. The topological polar surface area (TPSA) is 89.3 Å². The van der Waals surface area contributed by atoms with Gasteiger partial charge in [0, 0.05) is 12.5 Å². The molecule has 0 unspecified atom stereocenters. The molecule has 0 saturated carbocycles. The molecule has 0 spiro atoms. The SMILES string of the molecule is CS(=O)(=O)c1ccccc1-n1cc(C(=O)O)cn1. The van der Waals surface area contributed by atoms with Crippen LogP contribution in [0.15, 0.2) is 41.6 Å². The summed E-state index contributed by atoms with van der Waals surface area (Å²) < 4.78 is 24.5. The lowest BCUT2D eigenvalue weighted by Gasteiger charge is -2.06. The number of benzene rings is 1. The van der Waals surface area contributed by atoms with Crippen LogP contribution in [0.2, 0.25) is 0 Å². The molecule has 2 rings (SSSR count). The Bertz CT molecular complexity index is 703. The zero-order valence-corrected chi connectivity index (χ0v) is 10.3. The third-order valence-electron chi connectivity index (χ3n) is 2.34. The second-order valence-corrected chi connectivity index (χ2v) is 5.70. The molecule has 0 aliphatic carbocycles. The van der Waals surface area contributed by atoms with E-state index >= 15 is 0 Å². The number of carboxylic acid groups (broad SMARTS) is 1. The molecule has 0 amide bonds. The van der Waals surface area contributed by atoms with Gasteiger partial charge in [-0.25, -0.2) is 17.9 Å². The number of para-hydroxylation sites is 1. The molecule has 18 heavy (non-hydrogen) atoms. The highest BCUT2D eigenvalue weighted by Gasteiger charge is 2.15. The summed E-state index contributed by atoms with van der Waals surface area (Å²) in [5, 5.41) is 12.7. The number of sulfone groups is 1. The molecule has 0 saturated heterocycles. The van der Waals surface area contributed by atoms with Crippen LogP contribution in [-0.4, -0.2) is 35.5 Å². The lowest BCUT2D eigenvalue weighted by molar-refractivity contribution is 0.0697. The van der Waals surface area contributed by atoms with Crippen molar-refractivity contribution in [3.63, 3.8) is 0 Å². The van der Waals surface area contributed by atoms with Crippen molar-refractivity contribution in [3.8, 4) is 5.69 Å². The standard InChI is InChI=1S/C11H10N2O4S/c1-18(16,17)10-5-3-2-4-9(10)13-7-8(6-12-13)11(14)15/h2-7H,1H3,(H,14,15). The van der Waals surface area contributed by atoms with Gasteiger partial charge < -0.3 is 5.11 Å². The van der Waals surface area contributed by atoms with Gasteiger partial charge in [-0.2, -0.15) is 5.10 Å². The van der Waals surface area contributed by atoms with Crippen LogP contribution in [0.1, 0.15) is 10.4 Å². The first kappa shape index (κ1) is 12.3. The Balaban J connectivity index is 2.61. The van der Waals surface area contributed by atoms with Crippen LogP contribution in [0.4, 0.5) is 0 Å². The summed E-state index contributed by atoms with van der Waals surface area (Å²) in [6.45, 7) is 0. The molecule has 0 radical (unpaired) electrons. The highest BCUT2D eigenvalue weighted by atomic mass is 32.2. The number of nitrogens with zero attached hydrogens (tertiary/aromatic N) is 2. The maximum Gasteiger partial charge on any atom is 0.338 e. The molecule has 0 fully saturated rings. The van der Waals surface area contributed by atoms with Crippen LogP contribution >= 0.6 is 0 Å². The van der Waals surface area contributed by atoms with Crippen LogP contribution < -0.4 is 0 Å². The average molecular weight is 266 g/mol. The summed E-state index contributed by atoms with van der Waals surface area (Å²) in [5.41, 5.74) is 0.325. The molecular weight excluding hydrogens is 256 g/mol. The van der Waals surface area contributed by atoms with E-state index < -0.39 is 15.8 Å². The molecule has 6 nitrogen and oxygen atoms in total. The van der Waals surface area contributed by atoms with Crippen molar-refractivity contribution in [3.05, 3.63) is 42.2 Å². The molecule has 7 heteroatoms. The van der Waals surface area contributed by atoms with Gasteiger partial charge in [0.2, 0.25) is 0 Å². The first-order valence-corrected chi connectivity index (χ1v) is 6.86. The third kappa shape index (κ3) is 2.25. The Kier molecular flexibility index (Phi) is 2.92. The van der Waals surface area contributed by atoms with E-state index in [1.165, 1.54) is 23.1 Å². The van der Waals surface area contributed by atoms with Gasteiger partial charge in [-0.05, 0) is 12.1 Å². The van der Waals surface area contributed by atoms with Gasteiger partial charge in [-0.1, -0.05) is 12.1 Å². The van der Waals surface area contributed by atoms with Crippen LogP contribution in [0.5, 0.6) is 0 Å². The van der Waals surface area contributed by atoms with E-state index in [1.54, 1.807) is 18.2 Å². The van der Waals surface area contributed by atoms with Gasteiger partial charge >= 0.3 is 5.97 Å². The van der Waals surface area contributed by atoms with Gasteiger partial charge in [0.15, 0.2) is 9.84 Å². The van der Waals surface area contributed by atoms with Crippen LogP contribution in [0, 0.1) is 0 Å². The summed E-state index contributed by atoms with van der Waals surface area (Å²) in [6.07, 6.45) is 3.53. The normalized spacial score (nSPS) is 11.4. The van der Waals surface area contributed by atoms with Gasteiger partial charge in [-0.15, -0.1) is 0 Å². The number of carboxylic acids is 1. The largest absolute Gasteiger partial charge is 0.478 e. The van der Waals surface area contributed by atoms with E-state index in [9.17, 15) is 13.2 Å².